The first kappa shape index (κ1) is 22.2. The molecule has 2 aliphatic carbocycles. The lowest BCUT2D eigenvalue weighted by molar-refractivity contribution is -0.133. The van der Waals surface area contributed by atoms with Crippen molar-refractivity contribution in [3.05, 3.63) is 59.7 Å². The molecule has 32 heavy (non-hydrogen) atoms. The van der Waals surface area contributed by atoms with Gasteiger partial charge in [0, 0.05) is 30.7 Å². The van der Waals surface area contributed by atoms with E-state index in [1.807, 2.05) is 24.3 Å². The van der Waals surface area contributed by atoms with E-state index < -0.39 is 12.1 Å². The van der Waals surface area contributed by atoms with Crippen molar-refractivity contribution in [2.24, 2.45) is 11.8 Å². The van der Waals surface area contributed by atoms with Crippen LogP contribution in [0.3, 0.4) is 0 Å². The van der Waals surface area contributed by atoms with E-state index in [9.17, 15) is 14.4 Å². The molecule has 3 N–H and O–H groups in total. The molecule has 0 radical (unpaired) electrons. The molecule has 2 amide bonds. The number of aliphatic carboxylic acids is 1. The molecule has 1 fully saturated rings. The minimum Gasteiger partial charge on any atom is -0.481 e. The van der Waals surface area contributed by atoms with Gasteiger partial charge in [-0.05, 0) is 34.6 Å². The average molecular weight is 455 g/mol. The lowest BCUT2D eigenvalue weighted by atomic mass is 9.98. The van der Waals surface area contributed by atoms with Crippen molar-refractivity contribution in [2.45, 2.75) is 12.3 Å². The van der Waals surface area contributed by atoms with Crippen LogP contribution >= 0.6 is 11.8 Å². The van der Waals surface area contributed by atoms with Crippen molar-refractivity contribution < 1.29 is 24.2 Å². The van der Waals surface area contributed by atoms with E-state index in [1.54, 1.807) is 0 Å². The zero-order valence-electron chi connectivity index (χ0n) is 17.6. The highest BCUT2D eigenvalue weighted by atomic mass is 32.2. The highest BCUT2D eigenvalue weighted by Gasteiger charge is 2.42. The Balaban J connectivity index is 1.18. The van der Waals surface area contributed by atoms with Crippen LogP contribution in [-0.2, 0) is 14.3 Å². The summed E-state index contributed by atoms with van der Waals surface area (Å²) in [6.07, 6.45) is 0.264. The van der Waals surface area contributed by atoms with E-state index in [0.717, 1.165) is 6.42 Å². The van der Waals surface area contributed by atoms with Crippen molar-refractivity contribution in [3.8, 4) is 11.1 Å². The number of carboxylic acid groups (broad SMARTS) is 1. The molecule has 7 nitrogen and oxygen atoms in total. The number of hydrogen-bond donors (Lipinski definition) is 3. The number of nitrogens with one attached hydrogen (secondary N) is 2. The second-order valence-electron chi connectivity index (χ2n) is 8.05. The molecule has 8 heteroatoms. The molecule has 2 atom stereocenters. The van der Waals surface area contributed by atoms with E-state index in [4.69, 9.17) is 9.84 Å². The maximum absolute atomic E-state index is 12.2. The summed E-state index contributed by atoms with van der Waals surface area (Å²) in [4.78, 5) is 34.8. The predicted molar refractivity (Wildman–Crippen MR) is 123 cm³/mol. The zero-order valence-corrected chi connectivity index (χ0v) is 18.4. The summed E-state index contributed by atoms with van der Waals surface area (Å²) in [6, 6.07) is 16.4. The minimum atomic E-state index is -0.858. The van der Waals surface area contributed by atoms with Crippen molar-refractivity contribution in [2.75, 3.05) is 31.2 Å². The van der Waals surface area contributed by atoms with E-state index in [0.29, 0.717) is 18.8 Å². The SMILES string of the molecule is O=C(O)CSCCNC(=O)C1CC1CNC(=O)OCC1c2ccccc2-c2ccccc21. The van der Waals surface area contributed by atoms with Crippen LogP contribution in [0.4, 0.5) is 4.79 Å². The second-order valence-corrected chi connectivity index (χ2v) is 9.15. The number of fused-ring (bicyclic) bond motifs is 3. The first-order valence-electron chi connectivity index (χ1n) is 10.7. The topological polar surface area (TPSA) is 105 Å². The van der Waals surface area contributed by atoms with Gasteiger partial charge in [0.05, 0.1) is 5.75 Å². The van der Waals surface area contributed by atoms with Crippen LogP contribution in [0.2, 0.25) is 0 Å². The Bertz CT molecular complexity index is 966. The smallest absolute Gasteiger partial charge is 0.407 e. The fraction of sp³-hybridized carbons (Fsp3) is 0.375. The largest absolute Gasteiger partial charge is 0.481 e. The molecule has 2 aromatic carbocycles. The third-order valence-corrected chi connectivity index (χ3v) is 6.83. The number of carboxylic acids is 1. The standard InChI is InChI=1S/C24H26N2O5S/c27-22(28)14-32-10-9-25-23(29)20-11-15(20)12-26-24(30)31-13-21-18-7-3-1-5-16(18)17-6-2-4-8-19(17)21/h1-8,15,20-21H,9-14H2,(H,25,29)(H,26,30)(H,27,28). The second kappa shape index (κ2) is 10.1. The molecular weight excluding hydrogens is 428 g/mol. The van der Waals surface area contributed by atoms with Crippen LogP contribution in [0.1, 0.15) is 23.5 Å². The summed E-state index contributed by atoms with van der Waals surface area (Å²) in [5.41, 5.74) is 4.71. The molecule has 168 valence electrons. The molecule has 2 aliphatic rings. The molecule has 0 aromatic heterocycles. The van der Waals surface area contributed by atoms with Crippen molar-refractivity contribution in [1.82, 2.24) is 10.6 Å². The number of thioether (sulfide) groups is 1. The lowest BCUT2D eigenvalue weighted by Crippen LogP contribution is -2.31. The van der Waals surface area contributed by atoms with E-state index in [-0.39, 0.29) is 36.0 Å². The molecule has 4 rings (SSSR count). The first-order valence-corrected chi connectivity index (χ1v) is 11.9. The Kier molecular flexibility index (Phi) is 6.99. The van der Waals surface area contributed by atoms with E-state index in [1.165, 1.54) is 34.0 Å². The zero-order chi connectivity index (χ0) is 22.5. The van der Waals surface area contributed by atoms with Gasteiger partial charge in [-0.15, -0.1) is 11.8 Å². The summed E-state index contributed by atoms with van der Waals surface area (Å²) in [6.45, 7) is 1.12. The number of carbonyl (C=O) groups excluding carboxylic acids is 2. The van der Waals surface area contributed by atoms with Gasteiger partial charge in [-0.2, -0.15) is 0 Å². The number of hydrogen-bond acceptors (Lipinski definition) is 5. The molecule has 0 heterocycles. The summed E-state index contributed by atoms with van der Waals surface area (Å²) >= 11 is 1.27. The normalized spacial score (nSPS) is 18.4. The van der Waals surface area contributed by atoms with Gasteiger partial charge in [0.25, 0.3) is 0 Å². The van der Waals surface area contributed by atoms with Gasteiger partial charge in [0.2, 0.25) is 5.91 Å². The van der Waals surface area contributed by atoms with E-state index >= 15 is 0 Å². The van der Waals surface area contributed by atoms with Gasteiger partial charge in [0.15, 0.2) is 0 Å². The van der Waals surface area contributed by atoms with Gasteiger partial charge < -0.3 is 20.5 Å². The van der Waals surface area contributed by atoms with Gasteiger partial charge in [-0.3, -0.25) is 9.59 Å². The highest BCUT2D eigenvalue weighted by molar-refractivity contribution is 7.99. The minimum absolute atomic E-state index is 0.0200. The summed E-state index contributed by atoms with van der Waals surface area (Å²) in [5, 5.41) is 14.2. The quantitative estimate of drug-likeness (QED) is 0.477. The highest BCUT2D eigenvalue weighted by Crippen LogP contribution is 2.44. The van der Waals surface area contributed by atoms with Crippen LogP contribution in [0, 0.1) is 11.8 Å². The van der Waals surface area contributed by atoms with Crippen LogP contribution in [-0.4, -0.2) is 54.3 Å². The Hall–Kier alpha value is -3.00. The maximum atomic E-state index is 12.2. The molecular formula is C24H26N2O5S. The Morgan fingerprint density at radius 1 is 1.00 bits per heavy atom. The van der Waals surface area contributed by atoms with Crippen LogP contribution < -0.4 is 10.6 Å². The Morgan fingerprint density at radius 3 is 2.31 bits per heavy atom. The fourth-order valence-electron chi connectivity index (χ4n) is 4.20. The summed E-state index contributed by atoms with van der Waals surface area (Å²) in [7, 11) is 0. The average Bonchev–Trinajstić information content (AvgIpc) is 3.51. The number of alkyl carbamates (subject to hydrolysis) is 1. The van der Waals surface area contributed by atoms with E-state index in [2.05, 4.69) is 34.9 Å². The monoisotopic (exact) mass is 454 g/mol. The van der Waals surface area contributed by atoms with Crippen molar-refractivity contribution >= 4 is 29.7 Å². The lowest BCUT2D eigenvalue weighted by Gasteiger charge is -2.14. The number of rotatable bonds is 10. The van der Waals surface area contributed by atoms with Crippen molar-refractivity contribution in [3.63, 3.8) is 0 Å². The first-order chi connectivity index (χ1) is 15.5. The number of ether oxygens (including phenoxy) is 1. The van der Waals surface area contributed by atoms with Gasteiger partial charge >= 0.3 is 12.1 Å². The van der Waals surface area contributed by atoms with Gasteiger partial charge in [-0.1, -0.05) is 48.5 Å². The van der Waals surface area contributed by atoms with Crippen LogP contribution in [0.5, 0.6) is 0 Å². The summed E-state index contributed by atoms with van der Waals surface area (Å²) in [5.74, 6) is -0.273. The fourth-order valence-corrected chi connectivity index (χ4v) is 4.76. The van der Waals surface area contributed by atoms with Gasteiger partial charge in [0.1, 0.15) is 6.61 Å². The molecule has 0 aliphatic heterocycles. The number of carbonyl (C=O) groups is 3. The van der Waals surface area contributed by atoms with Crippen LogP contribution in [0.15, 0.2) is 48.5 Å². The third-order valence-electron chi connectivity index (χ3n) is 5.88. The Morgan fingerprint density at radius 2 is 1.66 bits per heavy atom. The van der Waals surface area contributed by atoms with Crippen molar-refractivity contribution in [1.29, 1.82) is 0 Å². The van der Waals surface area contributed by atoms with Gasteiger partial charge in [-0.25, -0.2) is 4.79 Å². The number of benzene rings is 2. The van der Waals surface area contributed by atoms with Crippen LogP contribution in [0.25, 0.3) is 11.1 Å². The molecule has 1 saturated carbocycles. The summed E-state index contributed by atoms with van der Waals surface area (Å²) < 4.78 is 5.52. The maximum Gasteiger partial charge on any atom is 0.407 e. The molecule has 0 spiro atoms. The Labute approximate surface area is 190 Å². The number of amides is 2. The predicted octanol–water partition coefficient (Wildman–Crippen LogP) is 3.10. The molecule has 0 bridgehead atoms. The molecule has 2 aromatic rings. The third kappa shape index (κ3) is 5.24. The molecule has 0 saturated heterocycles. The molecule has 2 unspecified atom stereocenters.